The maximum Gasteiger partial charge on any atom is 0.231 e. The highest BCUT2D eigenvalue weighted by atomic mass is 16.2. The van der Waals surface area contributed by atoms with Crippen molar-refractivity contribution in [2.24, 2.45) is 0 Å². The van der Waals surface area contributed by atoms with Gasteiger partial charge in [0, 0.05) is 24.3 Å². The maximum absolute atomic E-state index is 12.8. The van der Waals surface area contributed by atoms with Crippen LogP contribution in [0.2, 0.25) is 0 Å². The van der Waals surface area contributed by atoms with Crippen molar-refractivity contribution in [2.45, 2.75) is 45.4 Å². The molecule has 1 atom stereocenters. The van der Waals surface area contributed by atoms with Gasteiger partial charge >= 0.3 is 0 Å². The highest BCUT2D eigenvalue weighted by Crippen LogP contribution is 2.29. The third-order valence-electron chi connectivity index (χ3n) is 4.92. The van der Waals surface area contributed by atoms with E-state index in [1.807, 2.05) is 60.4 Å². The van der Waals surface area contributed by atoms with Gasteiger partial charge in [0.05, 0.1) is 5.92 Å². The Kier molecular flexibility index (Phi) is 5.71. The monoisotopic (exact) mass is 350 g/mol. The molecule has 1 N–H and O–H groups in total. The number of carbonyl (C=O) groups excluding carboxylic acids is 2. The smallest absolute Gasteiger partial charge is 0.231 e. The molecule has 0 aromatic heterocycles. The van der Waals surface area contributed by atoms with Crippen molar-refractivity contribution in [3.63, 3.8) is 0 Å². The normalized spacial score (nSPS) is 15.2. The number of carbonyl (C=O) groups is 2. The summed E-state index contributed by atoms with van der Waals surface area (Å²) >= 11 is 0. The van der Waals surface area contributed by atoms with Crippen LogP contribution < -0.4 is 10.2 Å². The van der Waals surface area contributed by atoms with Crippen LogP contribution in [-0.4, -0.2) is 18.4 Å². The zero-order valence-corrected chi connectivity index (χ0v) is 15.5. The van der Waals surface area contributed by atoms with Crippen molar-refractivity contribution in [1.29, 1.82) is 0 Å². The molecule has 3 rings (SSSR count). The van der Waals surface area contributed by atoms with E-state index in [-0.39, 0.29) is 17.7 Å². The second-order valence-electron chi connectivity index (χ2n) is 6.89. The van der Waals surface area contributed by atoms with Gasteiger partial charge in [0.1, 0.15) is 0 Å². The first-order chi connectivity index (χ1) is 12.6. The van der Waals surface area contributed by atoms with Crippen LogP contribution in [0.4, 0.5) is 11.4 Å². The molecule has 2 amide bonds. The van der Waals surface area contributed by atoms with Crippen molar-refractivity contribution in [3.8, 4) is 0 Å². The summed E-state index contributed by atoms with van der Waals surface area (Å²) in [6.45, 7) is 4.85. The zero-order chi connectivity index (χ0) is 18.5. The number of nitrogens with one attached hydrogen (secondary N) is 1. The van der Waals surface area contributed by atoms with Crippen molar-refractivity contribution >= 4 is 23.2 Å². The SMILES string of the molecule is CCCC(C(=O)Nc1ccc(N2CCCC2=O)c(C)c1)c1ccccc1. The van der Waals surface area contributed by atoms with Crippen molar-refractivity contribution < 1.29 is 9.59 Å². The second kappa shape index (κ2) is 8.17. The van der Waals surface area contributed by atoms with Gasteiger partial charge < -0.3 is 10.2 Å². The Balaban J connectivity index is 1.76. The molecule has 2 aromatic carbocycles. The highest BCUT2D eigenvalue weighted by Gasteiger charge is 2.24. The van der Waals surface area contributed by atoms with Crippen LogP contribution in [0.15, 0.2) is 48.5 Å². The van der Waals surface area contributed by atoms with E-state index in [9.17, 15) is 9.59 Å². The summed E-state index contributed by atoms with van der Waals surface area (Å²) in [5, 5.41) is 3.05. The topological polar surface area (TPSA) is 49.4 Å². The van der Waals surface area contributed by atoms with Crippen molar-refractivity contribution in [3.05, 3.63) is 59.7 Å². The largest absolute Gasteiger partial charge is 0.326 e. The van der Waals surface area contributed by atoms with Crippen LogP contribution >= 0.6 is 0 Å². The number of benzene rings is 2. The molecule has 0 radical (unpaired) electrons. The number of aryl methyl sites for hydroxylation is 1. The summed E-state index contributed by atoms with van der Waals surface area (Å²) in [5.41, 5.74) is 3.77. The first kappa shape index (κ1) is 18.2. The molecule has 1 fully saturated rings. The molecular weight excluding hydrogens is 324 g/mol. The Morgan fingerprint density at radius 1 is 1.19 bits per heavy atom. The molecule has 1 saturated heterocycles. The minimum absolute atomic E-state index is 0.0162. The minimum Gasteiger partial charge on any atom is -0.326 e. The highest BCUT2D eigenvalue weighted by molar-refractivity contribution is 5.98. The van der Waals surface area contributed by atoms with Crippen molar-refractivity contribution in [2.75, 3.05) is 16.8 Å². The molecular formula is C22H26N2O2. The van der Waals surface area contributed by atoms with Gasteiger partial charge in [-0.3, -0.25) is 9.59 Å². The van der Waals surface area contributed by atoms with Gasteiger partial charge in [0.25, 0.3) is 0 Å². The van der Waals surface area contributed by atoms with Gasteiger partial charge in [-0.1, -0.05) is 43.7 Å². The Labute approximate surface area is 155 Å². The van der Waals surface area contributed by atoms with Crippen LogP contribution in [0, 0.1) is 6.92 Å². The fourth-order valence-corrected chi connectivity index (χ4v) is 3.59. The summed E-state index contributed by atoms with van der Waals surface area (Å²) in [7, 11) is 0. The van der Waals surface area contributed by atoms with Crippen LogP contribution in [0.1, 0.15) is 49.7 Å². The van der Waals surface area contributed by atoms with E-state index in [2.05, 4.69) is 12.2 Å². The van der Waals surface area contributed by atoms with Crippen LogP contribution in [0.5, 0.6) is 0 Å². The zero-order valence-electron chi connectivity index (χ0n) is 15.5. The molecule has 26 heavy (non-hydrogen) atoms. The lowest BCUT2D eigenvalue weighted by Gasteiger charge is -2.20. The van der Waals surface area contributed by atoms with E-state index in [0.717, 1.165) is 48.3 Å². The third-order valence-corrected chi connectivity index (χ3v) is 4.92. The van der Waals surface area contributed by atoms with E-state index in [4.69, 9.17) is 0 Å². The molecule has 1 aliphatic rings. The lowest BCUT2D eigenvalue weighted by molar-refractivity contribution is -0.118. The summed E-state index contributed by atoms with van der Waals surface area (Å²) in [6.07, 6.45) is 3.29. The quantitative estimate of drug-likeness (QED) is 0.825. The van der Waals surface area contributed by atoms with Gasteiger partial charge in [-0.2, -0.15) is 0 Å². The van der Waals surface area contributed by atoms with Crippen LogP contribution in [-0.2, 0) is 9.59 Å². The summed E-state index contributed by atoms with van der Waals surface area (Å²) in [4.78, 5) is 26.6. The average molecular weight is 350 g/mol. The molecule has 1 aliphatic heterocycles. The fraction of sp³-hybridized carbons (Fsp3) is 0.364. The summed E-state index contributed by atoms with van der Waals surface area (Å²) in [6, 6.07) is 15.7. The van der Waals surface area contributed by atoms with Gasteiger partial charge in [-0.05, 0) is 49.1 Å². The Morgan fingerprint density at radius 2 is 1.96 bits per heavy atom. The summed E-state index contributed by atoms with van der Waals surface area (Å²) in [5.74, 6) is 0.0424. The van der Waals surface area contributed by atoms with Gasteiger partial charge in [0.15, 0.2) is 0 Å². The number of hydrogen-bond acceptors (Lipinski definition) is 2. The number of rotatable bonds is 6. The minimum atomic E-state index is -0.152. The van der Waals surface area contributed by atoms with E-state index in [0.29, 0.717) is 6.42 Å². The Bertz CT molecular complexity index is 786. The van der Waals surface area contributed by atoms with Gasteiger partial charge in [-0.25, -0.2) is 0 Å². The first-order valence-electron chi connectivity index (χ1n) is 9.37. The third kappa shape index (κ3) is 3.96. The predicted molar refractivity (Wildman–Crippen MR) is 105 cm³/mol. The predicted octanol–water partition coefficient (Wildman–Crippen LogP) is 4.64. The van der Waals surface area contributed by atoms with Gasteiger partial charge in [0.2, 0.25) is 11.8 Å². The average Bonchev–Trinajstić information content (AvgIpc) is 3.06. The fourth-order valence-electron chi connectivity index (χ4n) is 3.59. The first-order valence-corrected chi connectivity index (χ1v) is 9.37. The lowest BCUT2D eigenvalue weighted by atomic mass is 9.93. The number of hydrogen-bond donors (Lipinski definition) is 1. The Hall–Kier alpha value is -2.62. The molecule has 2 aromatic rings. The molecule has 136 valence electrons. The van der Waals surface area contributed by atoms with E-state index in [1.54, 1.807) is 0 Å². The lowest BCUT2D eigenvalue weighted by Crippen LogP contribution is -2.25. The van der Waals surface area contributed by atoms with Crippen LogP contribution in [0.25, 0.3) is 0 Å². The standard InChI is InChI=1S/C22H26N2O2/c1-3-8-19(17-9-5-4-6-10-17)22(26)23-18-12-13-20(16(2)15-18)24-14-7-11-21(24)25/h4-6,9-10,12-13,15,19H,3,7-8,11,14H2,1-2H3,(H,23,26). The molecule has 4 nitrogen and oxygen atoms in total. The van der Waals surface area contributed by atoms with E-state index in [1.165, 1.54) is 0 Å². The van der Waals surface area contributed by atoms with Gasteiger partial charge in [-0.15, -0.1) is 0 Å². The molecule has 1 unspecified atom stereocenters. The van der Waals surface area contributed by atoms with Crippen LogP contribution in [0.3, 0.4) is 0 Å². The molecule has 0 bridgehead atoms. The van der Waals surface area contributed by atoms with Crippen molar-refractivity contribution in [1.82, 2.24) is 0 Å². The second-order valence-corrected chi connectivity index (χ2v) is 6.89. The molecule has 4 heteroatoms. The number of anilines is 2. The van der Waals surface area contributed by atoms with E-state index >= 15 is 0 Å². The molecule has 0 saturated carbocycles. The Morgan fingerprint density at radius 3 is 2.58 bits per heavy atom. The molecule has 0 aliphatic carbocycles. The number of nitrogens with zero attached hydrogens (tertiary/aromatic N) is 1. The summed E-state index contributed by atoms with van der Waals surface area (Å²) < 4.78 is 0. The molecule has 0 spiro atoms. The maximum atomic E-state index is 12.8. The van der Waals surface area contributed by atoms with E-state index < -0.39 is 0 Å². The number of amides is 2. The molecule has 1 heterocycles.